The van der Waals surface area contributed by atoms with Gasteiger partial charge < -0.3 is 29.9 Å². The molecule has 0 bridgehead atoms. The third kappa shape index (κ3) is 6.17. The van der Waals surface area contributed by atoms with Crippen molar-refractivity contribution in [3.05, 3.63) is 64.2 Å². The third-order valence-electron chi connectivity index (χ3n) is 5.13. The molecule has 1 heterocycles. The molecular weight excluding hydrogens is 408 g/mol. The van der Waals surface area contributed by atoms with Crippen LogP contribution >= 0.6 is 11.6 Å². The molecule has 0 amide bonds. The number of aliphatic hydroxyl groups is 4. The summed E-state index contributed by atoms with van der Waals surface area (Å²) in [5, 5.41) is 37.2. The molecule has 2 atom stereocenters. The van der Waals surface area contributed by atoms with E-state index in [4.69, 9.17) is 26.2 Å². The SMILES string of the molecule is CCOc1ccc(Cc2cc(C3CC(O)CC(CO)(CO)O3)ccc2Cl)cc1.CO. The van der Waals surface area contributed by atoms with Crippen molar-refractivity contribution in [2.75, 3.05) is 26.9 Å². The Morgan fingerprint density at radius 1 is 1.10 bits per heavy atom. The summed E-state index contributed by atoms with van der Waals surface area (Å²) in [7, 11) is 1.00. The van der Waals surface area contributed by atoms with Gasteiger partial charge in [-0.05, 0) is 48.2 Å². The summed E-state index contributed by atoms with van der Waals surface area (Å²) in [6.45, 7) is 1.89. The van der Waals surface area contributed by atoms with Crippen LogP contribution in [-0.2, 0) is 11.2 Å². The molecule has 1 saturated heterocycles. The zero-order valence-electron chi connectivity index (χ0n) is 17.4. The maximum Gasteiger partial charge on any atom is 0.119 e. The van der Waals surface area contributed by atoms with E-state index in [1.807, 2.05) is 49.4 Å². The number of benzene rings is 2. The van der Waals surface area contributed by atoms with Crippen molar-refractivity contribution in [3.63, 3.8) is 0 Å². The summed E-state index contributed by atoms with van der Waals surface area (Å²) in [4.78, 5) is 0. The van der Waals surface area contributed by atoms with Gasteiger partial charge in [0.2, 0.25) is 0 Å². The second-order valence-electron chi connectivity index (χ2n) is 7.30. The molecule has 0 spiro atoms. The summed E-state index contributed by atoms with van der Waals surface area (Å²) in [5.74, 6) is 0.833. The monoisotopic (exact) mass is 438 g/mol. The number of hydrogen-bond acceptors (Lipinski definition) is 6. The highest BCUT2D eigenvalue weighted by Crippen LogP contribution is 2.38. The van der Waals surface area contributed by atoms with Gasteiger partial charge >= 0.3 is 0 Å². The number of halogens is 1. The van der Waals surface area contributed by atoms with Gasteiger partial charge in [-0.1, -0.05) is 35.9 Å². The Bertz CT molecular complexity index is 776. The van der Waals surface area contributed by atoms with Crippen LogP contribution < -0.4 is 4.74 Å². The second kappa shape index (κ2) is 11.6. The average Bonchev–Trinajstić information content (AvgIpc) is 2.77. The molecule has 2 aromatic rings. The first-order valence-corrected chi connectivity index (χ1v) is 10.4. The van der Waals surface area contributed by atoms with E-state index in [-0.39, 0.29) is 19.6 Å². The lowest BCUT2D eigenvalue weighted by atomic mass is 9.88. The molecule has 3 rings (SSSR count). The smallest absolute Gasteiger partial charge is 0.119 e. The van der Waals surface area contributed by atoms with Crippen LogP contribution in [0.25, 0.3) is 0 Å². The number of aliphatic hydroxyl groups excluding tert-OH is 4. The zero-order valence-corrected chi connectivity index (χ0v) is 18.2. The lowest BCUT2D eigenvalue weighted by Crippen LogP contribution is -2.48. The van der Waals surface area contributed by atoms with Crippen LogP contribution in [0, 0.1) is 0 Å². The van der Waals surface area contributed by atoms with Crippen molar-refractivity contribution < 1.29 is 29.9 Å². The molecule has 2 unspecified atom stereocenters. The van der Waals surface area contributed by atoms with Crippen LogP contribution in [0.4, 0.5) is 0 Å². The summed E-state index contributed by atoms with van der Waals surface area (Å²) in [5.41, 5.74) is 1.80. The van der Waals surface area contributed by atoms with Crippen LogP contribution in [0.5, 0.6) is 5.75 Å². The van der Waals surface area contributed by atoms with Crippen LogP contribution in [0.2, 0.25) is 5.02 Å². The minimum atomic E-state index is -1.13. The van der Waals surface area contributed by atoms with Gasteiger partial charge in [0.15, 0.2) is 0 Å². The summed E-state index contributed by atoms with van der Waals surface area (Å²) in [6, 6.07) is 13.6. The van der Waals surface area contributed by atoms with Gasteiger partial charge in [0.05, 0.1) is 32.0 Å². The Morgan fingerprint density at radius 2 is 1.77 bits per heavy atom. The standard InChI is InChI=1S/C22H27ClO5.CH4O/c1-2-27-19-6-3-15(4-7-19)9-17-10-16(5-8-20(17)23)21-11-18(26)12-22(13-24,14-25)28-21;1-2/h3-8,10,18,21,24-26H,2,9,11-14H2,1H3;2H,1H3. The first-order chi connectivity index (χ1) is 14.5. The van der Waals surface area contributed by atoms with E-state index in [9.17, 15) is 15.3 Å². The van der Waals surface area contributed by atoms with E-state index in [0.29, 0.717) is 24.5 Å². The van der Waals surface area contributed by atoms with Gasteiger partial charge in [-0.15, -0.1) is 0 Å². The highest BCUT2D eigenvalue weighted by atomic mass is 35.5. The van der Waals surface area contributed by atoms with Crippen molar-refractivity contribution in [1.29, 1.82) is 0 Å². The Balaban J connectivity index is 0.00000155. The number of rotatable bonds is 7. The molecule has 1 fully saturated rings. The number of ether oxygens (including phenoxy) is 2. The molecule has 1 aliphatic rings. The highest BCUT2D eigenvalue weighted by Gasteiger charge is 2.41. The molecule has 6 nitrogen and oxygen atoms in total. The summed E-state index contributed by atoms with van der Waals surface area (Å²) in [6.07, 6.45) is 0.205. The van der Waals surface area contributed by atoms with E-state index in [1.54, 1.807) is 0 Å². The Labute approximate surface area is 182 Å². The predicted molar refractivity (Wildman–Crippen MR) is 116 cm³/mol. The van der Waals surface area contributed by atoms with Crippen LogP contribution in [0.15, 0.2) is 42.5 Å². The molecule has 0 saturated carbocycles. The summed E-state index contributed by atoms with van der Waals surface area (Å²) >= 11 is 6.41. The summed E-state index contributed by atoms with van der Waals surface area (Å²) < 4.78 is 11.5. The Hall–Kier alpha value is -1.67. The molecule has 7 heteroatoms. The number of hydrogen-bond donors (Lipinski definition) is 4. The first-order valence-electron chi connectivity index (χ1n) is 10.0. The van der Waals surface area contributed by atoms with Gasteiger partial charge in [-0.25, -0.2) is 0 Å². The van der Waals surface area contributed by atoms with Crippen LogP contribution in [-0.4, -0.2) is 59.1 Å². The minimum Gasteiger partial charge on any atom is -0.494 e. The molecule has 30 heavy (non-hydrogen) atoms. The molecular formula is C23H31ClO6. The van der Waals surface area contributed by atoms with Gasteiger partial charge in [-0.3, -0.25) is 0 Å². The maximum atomic E-state index is 10.2. The molecule has 0 aliphatic carbocycles. The molecule has 4 N–H and O–H groups in total. The van der Waals surface area contributed by atoms with E-state index < -0.39 is 17.8 Å². The molecule has 0 radical (unpaired) electrons. The first kappa shape index (κ1) is 24.6. The molecule has 166 valence electrons. The van der Waals surface area contributed by atoms with Crippen molar-refractivity contribution in [2.24, 2.45) is 0 Å². The topological polar surface area (TPSA) is 99.4 Å². The van der Waals surface area contributed by atoms with Gasteiger partial charge in [0.25, 0.3) is 0 Å². The fourth-order valence-electron chi connectivity index (χ4n) is 3.64. The van der Waals surface area contributed by atoms with E-state index in [0.717, 1.165) is 29.5 Å². The third-order valence-corrected chi connectivity index (χ3v) is 5.50. The molecule has 0 aromatic heterocycles. The van der Waals surface area contributed by atoms with Crippen molar-refractivity contribution in [3.8, 4) is 5.75 Å². The van der Waals surface area contributed by atoms with Gasteiger partial charge in [0.1, 0.15) is 11.4 Å². The van der Waals surface area contributed by atoms with E-state index >= 15 is 0 Å². The maximum absolute atomic E-state index is 10.2. The minimum absolute atomic E-state index is 0.211. The van der Waals surface area contributed by atoms with Gasteiger partial charge in [0, 0.05) is 25.0 Å². The Kier molecular flexibility index (Phi) is 9.55. The fraction of sp³-hybridized carbons (Fsp3) is 0.478. The zero-order chi connectivity index (χ0) is 22.1. The largest absolute Gasteiger partial charge is 0.494 e. The normalized spacial score (nSPS) is 20.2. The highest BCUT2D eigenvalue weighted by molar-refractivity contribution is 6.31. The average molecular weight is 439 g/mol. The van der Waals surface area contributed by atoms with E-state index in [2.05, 4.69) is 0 Å². The van der Waals surface area contributed by atoms with Crippen LogP contribution in [0.3, 0.4) is 0 Å². The fourth-order valence-corrected chi connectivity index (χ4v) is 3.82. The van der Waals surface area contributed by atoms with Crippen molar-refractivity contribution in [2.45, 2.75) is 44.0 Å². The van der Waals surface area contributed by atoms with Crippen molar-refractivity contribution >= 4 is 11.6 Å². The second-order valence-corrected chi connectivity index (χ2v) is 7.71. The Morgan fingerprint density at radius 3 is 2.37 bits per heavy atom. The van der Waals surface area contributed by atoms with Crippen molar-refractivity contribution in [1.82, 2.24) is 0 Å². The lowest BCUT2D eigenvalue weighted by Gasteiger charge is -2.41. The quantitative estimate of drug-likeness (QED) is 0.530. The van der Waals surface area contributed by atoms with E-state index in [1.165, 1.54) is 0 Å². The molecule has 2 aromatic carbocycles. The van der Waals surface area contributed by atoms with Gasteiger partial charge in [-0.2, -0.15) is 0 Å². The van der Waals surface area contributed by atoms with Crippen LogP contribution in [0.1, 0.15) is 42.6 Å². The predicted octanol–water partition coefficient (Wildman–Crippen LogP) is 2.87. The molecule has 1 aliphatic heterocycles. The lowest BCUT2D eigenvalue weighted by molar-refractivity contribution is -0.198.